The van der Waals surface area contributed by atoms with E-state index in [1.54, 1.807) is 6.20 Å². The van der Waals surface area contributed by atoms with Crippen LogP contribution in [-0.4, -0.2) is 69.3 Å². The fourth-order valence-corrected chi connectivity index (χ4v) is 4.77. The molecule has 1 fully saturated rings. The molecule has 8 heteroatoms. The molecule has 1 aliphatic rings. The molecule has 0 spiro atoms. The van der Waals surface area contributed by atoms with E-state index in [1.807, 2.05) is 63.1 Å². The molecule has 40 heavy (non-hydrogen) atoms. The van der Waals surface area contributed by atoms with Gasteiger partial charge in [0.15, 0.2) is 11.5 Å². The molecule has 206 valence electrons. The lowest BCUT2D eigenvalue weighted by Crippen LogP contribution is -2.43. The minimum absolute atomic E-state index is 0.448. The number of nitrogens with zero attached hydrogens (tertiary/aromatic N) is 6. The minimum atomic E-state index is 0.448. The molecule has 0 amide bonds. The third kappa shape index (κ3) is 6.25. The smallest absolute Gasteiger partial charge is 0.165 e. The van der Waals surface area contributed by atoms with Gasteiger partial charge in [-0.15, -0.1) is 0 Å². The molecule has 0 bridgehead atoms. The molecule has 0 radical (unpaired) electrons. The van der Waals surface area contributed by atoms with Crippen LogP contribution in [0.2, 0.25) is 0 Å². The Kier molecular flexibility index (Phi) is 9.72. The number of rotatable bonds is 5. The van der Waals surface area contributed by atoms with Crippen molar-refractivity contribution in [2.75, 3.05) is 39.0 Å². The van der Waals surface area contributed by atoms with Gasteiger partial charge in [0, 0.05) is 50.2 Å². The van der Waals surface area contributed by atoms with Crippen LogP contribution in [0.4, 0.5) is 5.82 Å². The number of anilines is 1. The van der Waals surface area contributed by atoms with E-state index in [-0.39, 0.29) is 0 Å². The summed E-state index contributed by atoms with van der Waals surface area (Å²) in [6.07, 6.45) is 1.70. The van der Waals surface area contributed by atoms with Gasteiger partial charge in [0.25, 0.3) is 0 Å². The van der Waals surface area contributed by atoms with Crippen LogP contribution in [0, 0.1) is 0 Å². The summed E-state index contributed by atoms with van der Waals surface area (Å²) in [5.41, 5.74) is 13.0. The SMILES string of the molecule is C=O.CC.CN1CCN(Cc2ccc(-n3c(-c4cccnc4N)nc4ccc(-c5ccccc5)nc43)cc2)CC1. The van der Waals surface area contributed by atoms with E-state index in [0.29, 0.717) is 5.82 Å². The number of likely N-dealkylation sites (N-methyl/N-ethyl adjacent to an activating group) is 1. The number of carbonyl (C=O) groups excluding carboxylic acids is 1. The average Bonchev–Trinajstić information content (AvgIpc) is 3.40. The number of fused-ring (bicyclic) bond motifs is 1. The van der Waals surface area contributed by atoms with Crippen molar-refractivity contribution in [2.45, 2.75) is 20.4 Å². The molecule has 0 saturated carbocycles. The number of hydrogen-bond acceptors (Lipinski definition) is 7. The summed E-state index contributed by atoms with van der Waals surface area (Å²) < 4.78 is 2.09. The van der Waals surface area contributed by atoms with E-state index >= 15 is 0 Å². The van der Waals surface area contributed by atoms with Crippen molar-refractivity contribution in [1.82, 2.24) is 29.3 Å². The van der Waals surface area contributed by atoms with Crippen LogP contribution < -0.4 is 5.73 Å². The van der Waals surface area contributed by atoms with Crippen LogP contribution in [0.25, 0.3) is 39.5 Å². The average molecular weight is 536 g/mol. The van der Waals surface area contributed by atoms with E-state index < -0.39 is 0 Å². The fourth-order valence-electron chi connectivity index (χ4n) is 4.77. The lowest BCUT2D eigenvalue weighted by Gasteiger charge is -2.32. The van der Waals surface area contributed by atoms with E-state index in [2.05, 4.69) is 62.8 Å². The molecule has 2 aromatic carbocycles. The summed E-state index contributed by atoms with van der Waals surface area (Å²) in [6.45, 7) is 11.4. The molecule has 2 N–H and O–H groups in total. The molecular formula is C32H37N7O. The van der Waals surface area contributed by atoms with Crippen LogP contribution in [0.3, 0.4) is 0 Å². The van der Waals surface area contributed by atoms with Crippen molar-refractivity contribution < 1.29 is 4.79 Å². The second-order valence-corrected chi connectivity index (χ2v) is 9.36. The zero-order valence-electron chi connectivity index (χ0n) is 23.5. The first-order valence-electron chi connectivity index (χ1n) is 13.6. The van der Waals surface area contributed by atoms with Crippen molar-refractivity contribution in [3.05, 3.63) is 90.6 Å². The summed E-state index contributed by atoms with van der Waals surface area (Å²) >= 11 is 0. The van der Waals surface area contributed by atoms with Crippen LogP contribution in [0.5, 0.6) is 0 Å². The van der Waals surface area contributed by atoms with Gasteiger partial charge in [0.05, 0.1) is 11.3 Å². The minimum Gasteiger partial charge on any atom is -0.383 e. The Morgan fingerprint density at radius 2 is 1.52 bits per heavy atom. The molecule has 6 rings (SSSR count). The highest BCUT2D eigenvalue weighted by molar-refractivity contribution is 5.84. The first-order chi connectivity index (χ1) is 19.7. The summed E-state index contributed by atoms with van der Waals surface area (Å²) in [4.78, 5) is 27.2. The molecular weight excluding hydrogens is 498 g/mol. The number of benzene rings is 2. The third-order valence-corrected chi connectivity index (χ3v) is 6.85. The zero-order valence-corrected chi connectivity index (χ0v) is 23.5. The Morgan fingerprint density at radius 3 is 2.20 bits per heavy atom. The number of nitrogen functional groups attached to an aromatic ring is 1. The molecule has 5 aromatic rings. The van der Waals surface area contributed by atoms with E-state index in [1.165, 1.54) is 5.56 Å². The maximum absolute atomic E-state index is 8.00. The molecule has 0 unspecified atom stereocenters. The molecule has 4 heterocycles. The number of imidazole rings is 1. The van der Waals surface area contributed by atoms with E-state index in [4.69, 9.17) is 20.5 Å². The zero-order chi connectivity index (χ0) is 28.5. The van der Waals surface area contributed by atoms with Gasteiger partial charge >= 0.3 is 0 Å². The van der Waals surface area contributed by atoms with Gasteiger partial charge in [-0.1, -0.05) is 56.3 Å². The largest absolute Gasteiger partial charge is 0.383 e. The first-order valence-corrected chi connectivity index (χ1v) is 13.6. The fraction of sp³-hybridized carbons (Fsp3) is 0.250. The number of pyridine rings is 2. The summed E-state index contributed by atoms with van der Waals surface area (Å²) in [5, 5.41) is 0. The van der Waals surface area contributed by atoms with Gasteiger partial charge in [-0.25, -0.2) is 15.0 Å². The summed E-state index contributed by atoms with van der Waals surface area (Å²) in [7, 11) is 2.19. The number of piperazine rings is 1. The summed E-state index contributed by atoms with van der Waals surface area (Å²) in [5.74, 6) is 1.18. The maximum atomic E-state index is 8.00. The Labute approximate surface area is 236 Å². The molecule has 1 aliphatic heterocycles. The van der Waals surface area contributed by atoms with Crippen molar-refractivity contribution in [1.29, 1.82) is 0 Å². The second kappa shape index (κ2) is 13.6. The lowest BCUT2D eigenvalue weighted by atomic mass is 10.1. The van der Waals surface area contributed by atoms with Gasteiger partial charge in [0.2, 0.25) is 0 Å². The highest BCUT2D eigenvalue weighted by atomic mass is 16.1. The maximum Gasteiger partial charge on any atom is 0.165 e. The standard InChI is InChI=1S/C29H29N7.C2H6.CH2O/c1-34-16-18-35(19-17-34)20-21-9-11-23(12-10-21)36-28(24-8-5-15-31-27(24)30)33-26-14-13-25(32-29(26)36)22-6-3-2-4-7-22;2*1-2/h2-15H,16-20H2,1H3,(H2,30,31);1-2H3;1H2. The molecule has 8 nitrogen and oxygen atoms in total. The van der Waals surface area contributed by atoms with Gasteiger partial charge in [-0.2, -0.15) is 0 Å². The van der Waals surface area contributed by atoms with Crippen LogP contribution in [0.1, 0.15) is 19.4 Å². The predicted octanol–water partition coefficient (Wildman–Crippen LogP) is 5.32. The van der Waals surface area contributed by atoms with Crippen LogP contribution in [-0.2, 0) is 11.3 Å². The Hall–Kier alpha value is -4.40. The summed E-state index contributed by atoms with van der Waals surface area (Å²) in [6, 6.07) is 26.8. The lowest BCUT2D eigenvalue weighted by molar-refractivity contribution is -0.0979. The van der Waals surface area contributed by atoms with E-state index in [0.717, 1.165) is 72.2 Å². The van der Waals surface area contributed by atoms with Gasteiger partial charge < -0.3 is 15.4 Å². The quantitative estimate of drug-likeness (QED) is 0.326. The van der Waals surface area contributed by atoms with Crippen molar-refractivity contribution in [3.63, 3.8) is 0 Å². The number of carbonyl (C=O) groups is 1. The third-order valence-electron chi connectivity index (χ3n) is 6.85. The predicted molar refractivity (Wildman–Crippen MR) is 163 cm³/mol. The van der Waals surface area contributed by atoms with E-state index in [9.17, 15) is 0 Å². The number of aromatic nitrogens is 4. The number of hydrogen-bond donors (Lipinski definition) is 1. The Balaban J connectivity index is 0.000000886. The van der Waals surface area contributed by atoms with Crippen LogP contribution in [0.15, 0.2) is 85.1 Å². The highest BCUT2D eigenvalue weighted by Crippen LogP contribution is 2.31. The van der Waals surface area contributed by atoms with Gasteiger partial charge in [-0.3, -0.25) is 9.47 Å². The topological polar surface area (TPSA) is 93.2 Å². The molecule has 3 aromatic heterocycles. The van der Waals surface area contributed by atoms with Gasteiger partial charge in [0.1, 0.15) is 18.1 Å². The molecule has 1 saturated heterocycles. The van der Waals surface area contributed by atoms with Gasteiger partial charge in [-0.05, 0) is 49.0 Å². The second-order valence-electron chi connectivity index (χ2n) is 9.36. The highest BCUT2D eigenvalue weighted by Gasteiger charge is 2.19. The van der Waals surface area contributed by atoms with Crippen molar-refractivity contribution in [2.24, 2.45) is 0 Å². The monoisotopic (exact) mass is 535 g/mol. The van der Waals surface area contributed by atoms with Crippen molar-refractivity contribution in [3.8, 4) is 28.3 Å². The normalized spacial score (nSPS) is 13.7. The van der Waals surface area contributed by atoms with Crippen LogP contribution >= 0.6 is 0 Å². The Morgan fingerprint density at radius 1 is 0.825 bits per heavy atom. The number of nitrogens with two attached hydrogens (primary N) is 1. The molecule has 0 aliphatic carbocycles. The Bertz CT molecular complexity index is 1510. The first kappa shape index (κ1) is 28.6. The molecule has 0 atom stereocenters. The van der Waals surface area contributed by atoms with Crippen molar-refractivity contribution >= 4 is 23.8 Å².